The third-order valence-electron chi connectivity index (χ3n) is 1.97. The topological polar surface area (TPSA) is 51.8 Å². The molecule has 2 N–H and O–H groups in total. The molecular formula is C11H11N3S. The van der Waals surface area contributed by atoms with E-state index >= 15 is 0 Å². The van der Waals surface area contributed by atoms with E-state index in [-0.39, 0.29) is 0 Å². The van der Waals surface area contributed by atoms with E-state index < -0.39 is 0 Å². The van der Waals surface area contributed by atoms with Gasteiger partial charge in [0, 0.05) is 18.1 Å². The number of anilines is 1. The van der Waals surface area contributed by atoms with Gasteiger partial charge in [-0.3, -0.25) is 0 Å². The van der Waals surface area contributed by atoms with Gasteiger partial charge in [-0.15, -0.1) is 0 Å². The Labute approximate surface area is 92.8 Å². The molecule has 2 aromatic rings. The van der Waals surface area contributed by atoms with Gasteiger partial charge in [-0.25, -0.2) is 9.97 Å². The van der Waals surface area contributed by atoms with Crippen LogP contribution in [0.25, 0.3) is 0 Å². The quantitative estimate of drug-likeness (QED) is 0.839. The van der Waals surface area contributed by atoms with Gasteiger partial charge in [0.15, 0.2) is 0 Å². The molecule has 0 spiro atoms. The molecule has 0 aliphatic rings. The molecule has 0 atom stereocenters. The van der Waals surface area contributed by atoms with Gasteiger partial charge in [-0.2, -0.15) is 0 Å². The van der Waals surface area contributed by atoms with Crippen molar-refractivity contribution < 1.29 is 0 Å². The fourth-order valence-electron chi connectivity index (χ4n) is 1.09. The molecule has 0 saturated carbocycles. The van der Waals surface area contributed by atoms with Crippen LogP contribution in [0.5, 0.6) is 0 Å². The maximum Gasteiger partial charge on any atom is 0.104 e. The van der Waals surface area contributed by atoms with Gasteiger partial charge in [0.2, 0.25) is 0 Å². The Morgan fingerprint density at radius 3 is 2.73 bits per heavy atom. The Morgan fingerprint density at radius 1 is 1.20 bits per heavy atom. The summed E-state index contributed by atoms with van der Waals surface area (Å²) in [6.07, 6.45) is 3.54. The molecule has 4 heteroatoms. The lowest BCUT2D eigenvalue weighted by atomic mass is 10.3. The first-order chi connectivity index (χ1) is 7.25. The standard InChI is InChI=1S/C11H11N3S/c1-8-7-14-11(6-9(8)12)15-10-4-2-3-5-13-10/h2-7H,1H3,(H2,12,14). The van der Waals surface area contributed by atoms with Crippen LogP contribution in [-0.2, 0) is 0 Å². The van der Waals surface area contributed by atoms with Gasteiger partial charge in [0.25, 0.3) is 0 Å². The zero-order valence-corrected chi connectivity index (χ0v) is 9.16. The first-order valence-electron chi connectivity index (χ1n) is 4.57. The summed E-state index contributed by atoms with van der Waals surface area (Å²) in [7, 11) is 0. The molecule has 0 aliphatic carbocycles. The number of aryl methyl sites for hydroxylation is 1. The molecule has 2 rings (SSSR count). The van der Waals surface area contributed by atoms with E-state index in [1.165, 1.54) is 11.8 Å². The molecule has 0 saturated heterocycles. The van der Waals surface area contributed by atoms with E-state index in [1.807, 2.05) is 31.2 Å². The summed E-state index contributed by atoms with van der Waals surface area (Å²) >= 11 is 1.51. The maximum atomic E-state index is 5.80. The lowest BCUT2D eigenvalue weighted by Crippen LogP contribution is -1.92. The summed E-state index contributed by atoms with van der Waals surface area (Å²) in [5.41, 5.74) is 7.57. The van der Waals surface area contributed by atoms with E-state index in [0.29, 0.717) is 0 Å². The Kier molecular flexibility index (Phi) is 2.87. The normalized spacial score (nSPS) is 10.2. The predicted molar refractivity (Wildman–Crippen MR) is 61.7 cm³/mol. The third-order valence-corrected chi connectivity index (χ3v) is 2.85. The molecule has 0 amide bonds. The fraction of sp³-hybridized carbons (Fsp3) is 0.0909. The fourth-order valence-corrected chi connectivity index (χ4v) is 1.86. The van der Waals surface area contributed by atoms with Gasteiger partial charge >= 0.3 is 0 Å². The maximum absolute atomic E-state index is 5.80. The molecule has 76 valence electrons. The van der Waals surface area contributed by atoms with E-state index in [2.05, 4.69) is 9.97 Å². The van der Waals surface area contributed by atoms with E-state index in [4.69, 9.17) is 5.73 Å². The van der Waals surface area contributed by atoms with E-state index in [9.17, 15) is 0 Å². The van der Waals surface area contributed by atoms with Crippen LogP contribution < -0.4 is 5.73 Å². The lowest BCUT2D eigenvalue weighted by Gasteiger charge is -2.02. The number of hydrogen-bond acceptors (Lipinski definition) is 4. The van der Waals surface area contributed by atoms with Crippen LogP contribution in [0.1, 0.15) is 5.56 Å². The second-order valence-electron chi connectivity index (χ2n) is 3.15. The molecule has 0 fully saturated rings. The van der Waals surface area contributed by atoms with Crippen LogP contribution in [-0.4, -0.2) is 9.97 Å². The highest BCUT2D eigenvalue weighted by Crippen LogP contribution is 2.25. The molecule has 15 heavy (non-hydrogen) atoms. The summed E-state index contributed by atoms with van der Waals surface area (Å²) < 4.78 is 0. The molecule has 0 bridgehead atoms. The van der Waals surface area contributed by atoms with Gasteiger partial charge in [0.1, 0.15) is 10.1 Å². The van der Waals surface area contributed by atoms with E-state index in [0.717, 1.165) is 21.3 Å². The highest BCUT2D eigenvalue weighted by Gasteiger charge is 2.01. The molecular weight excluding hydrogens is 206 g/mol. The summed E-state index contributed by atoms with van der Waals surface area (Å²) in [5.74, 6) is 0. The lowest BCUT2D eigenvalue weighted by molar-refractivity contribution is 1.08. The monoisotopic (exact) mass is 217 g/mol. The first kappa shape index (κ1) is 9.98. The van der Waals surface area contributed by atoms with Crippen LogP contribution in [0.4, 0.5) is 5.69 Å². The molecule has 0 aliphatic heterocycles. The number of rotatable bonds is 2. The van der Waals surface area contributed by atoms with Gasteiger partial charge in [0.05, 0.1) is 0 Å². The van der Waals surface area contributed by atoms with Crippen molar-refractivity contribution >= 4 is 17.4 Å². The Balaban J connectivity index is 2.22. The summed E-state index contributed by atoms with van der Waals surface area (Å²) in [5, 5.41) is 1.80. The third kappa shape index (κ3) is 2.47. The molecule has 0 unspecified atom stereocenters. The van der Waals surface area contributed by atoms with Crippen molar-refractivity contribution in [1.82, 2.24) is 9.97 Å². The summed E-state index contributed by atoms with van der Waals surface area (Å²) in [6, 6.07) is 7.66. The van der Waals surface area contributed by atoms with Gasteiger partial charge in [-0.05, 0) is 30.7 Å². The summed E-state index contributed by atoms with van der Waals surface area (Å²) in [4.78, 5) is 8.49. The van der Waals surface area contributed by atoms with Crippen molar-refractivity contribution in [2.24, 2.45) is 0 Å². The summed E-state index contributed by atoms with van der Waals surface area (Å²) in [6.45, 7) is 1.94. The van der Waals surface area contributed by atoms with Crippen LogP contribution in [0.3, 0.4) is 0 Å². The van der Waals surface area contributed by atoms with Crippen LogP contribution in [0.2, 0.25) is 0 Å². The van der Waals surface area contributed by atoms with Crippen LogP contribution >= 0.6 is 11.8 Å². The van der Waals surface area contributed by atoms with Crippen molar-refractivity contribution in [1.29, 1.82) is 0 Å². The zero-order chi connectivity index (χ0) is 10.7. The average molecular weight is 217 g/mol. The molecule has 2 heterocycles. The number of aromatic nitrogens is 2. The SMILES string of the molecule is Cc1cnc(Sc2ccccn2)cc1N. The highest BCUT2D eigenvalue weighted by atomic mass is 32.2. The Bertz CT molecular complexity index is 457. The molecule has 0 radical (unpaired) electrons. The van der Waals surface area contributed by atoms with Crippen molar-refractivity contribution in [3.8, 4) is 0 Å². The minimum Gasteiger partial charge on any atom is -0.398 e. The van der Waals surface area contributed by atoms with Crippen molar-refractivity contribution in [3.63, 3.8) is 0 Å². The average Bonchev–Trinajstić information content (AvgIpc) is 2.25. The predicted octanol–water partition coefficient (Wildman–Crippen LogP) is 2.52. The second-order valence-corrected chi connectivity index (χ2v) is 4.19. The number of pyridine rings is 2. The molecule has 2 aromatic heterocycles. The van der Waals surface area contributed by atoms with Crippen molar-refractivity contribution in [2.75, 3.05) is 5.73 Å². The number of hydrogen-bond donors (Lipinski definition) is 1. The minimum atomic E-state index is 0.767. The Morgan fingerprint density at radius 2 is 2.07 bits per heavy atom. The largest absolute Gasteiger partial charge is 0.398 e. The van der Waals surface area contributed by atoms with Crippen LogP contribution in [0.15, 0.2) is 46.7 Å². The van der Waals surface area contributed by atoms with E-state index in [1.54, 1.807) is 12.4 Å². The Hall–Kier alpha value is -1.55. The number of nitrogens with two attached hydrogens (primary N) is 1. The van der Waals surface area contributed by atoms with Crippen molar-refractivity contribution in [3.05, 3.63) is 42.2 Å². The molecule has 3 nitrogen and oxygen atoms in total. The zero-order valence-electron chi connectivity index (χ0n) is 8.34. The van der Waals surface area contributed by atoms with Gasteiger partial charge < -0.3 is 5.73 Å². The highest BCUT2D eigenvalue weighted by molar-refractivity contribution is 7.99. The van der Waals surface area contributed by atoms with Crippen LogP contribution in [0, 0.1) is 6.92 Å². The number of nitrogen functional groups attached to an aromatic ring is 1. The van der Waals surface area contributed by atoms with Gasteiger partial charge in [-0.1, -0.05) is 17.8 Å². The molecule has 0 aromatic carbocycles. The minimum absolute atomic E-state index is 0.767. The first-order valence-corrected chi connectivity index (χ1v) is 5.38. The smallest absolute Gasteiger partial charge is 0.104 e. The van der Waals surface area contributed by atoms with Crippen molar-refractivity contribution in [2.45, 2.75) is 17.0 Å². The number of nitrogens with zero attached hydrogens (tertiary/aromatic N) is 2. The second kappa shape index (κ2) is 4.31.